The average molecular weight is 998 g/mol. The number of thiophene rings is 2. The molecule has 0 saturated carbocycles. The number of hydrogen-bond donors (Lipinski definition) is 4. The van der Waals surface area contributed by atoms with Gasteiger partial charge >= 0.3 is 0 Å². The zero-order valence-electron chi connectivity index (χ0n) is 40.7. The molecule has 69 heavy (non-hydrogen) atoms. The van der Waals surface area contributed by atoms with Gasteiger partial charge in [0.15, 0.2) is 11.6 Å². The van der Waals surface area contributed by atoms with Gasteiger partial charge in [-0.05, 0) is 110 Å². The highest BCUT2D eigenvalue weighted by Gasteiger charge is 2.45. The number of amides is 4. The molecule has 17 heteroatoms. The Kier molecular flexibility index (Phi) is 17.1. The molecule has 5 aromatic rings. The van der Waals surface area contributed by atoms with Crippen molar-refractivity contribution in [1.29, 1.82) is 0 Å². The van der Waals surface area contributed by atoms with E-state index in [4.69, 9.17) is 21.4 Å². The number of rotatable bonds is 20. The van der Waals surface area contributed by atoms with Crippen molar-refractivity contribution in [2.45, 2.75) is 143 Å². The summed E-state index contributed by atoms with van der Waals surface area (Å²) in [6, 6.07) is 14.7. The summed E-state index contributed by atoms with van der Waals surface area (Å²) >= 11 is 9.59. The molecule has 2 aliphatic heterocycles. The van der Waals surface area contributed by atoms with Crippen LogP contribution in [0.15, 0.2) is 65.0 Å². The molecule has 0 bridgehead atoms. The van der Waals surface area contributed by atoms with Crippen molar-refractivity contribution in [3.8, 4) is 21.2 Å². The highest BCUT2D eigenvalue weighted by molar-refractivity contribution is 7.15. The van der Waals surface area contributed by atoms with Crippen molar-refractivity contribution in [3.63, 3.8) is 0 Å². The zero-order chi connectivity index (χ0) is 49.4. The number of carbonyl (C=O) groups is 4. The van der Waals surface area contributed by atoms with Gasteiger partial charge in [-0.25, -0.2) is 0 Å². The number of fused-ring (bicyclic) bond motifs is 3. The number of aliphatic hydroxyl groups is 1. The second kappa shape index (κ2) is 23.0. The number of benzene rings is 2. The van der Waals surface area contributed by atoms with Crippen LogP contribution in [0.1, 0.15) is 136 Å². The fourth-order valence-electron chi connectivity index (χ4n) is 8.95. The van der Waals surface area contributed by atoms with E-state index in [2.05, 4.69) is 57.7 Å². The average Bonchev–Trinajstić information content (AvgIpc) is 4.08. The first kappa shape index (κ1) is 51.4. The lowest BCUT2D eigenvalue weighted by atomic mass is 9.85. The molecule has 2 aliphatic rings. The number of aliphatic imine (C=N–C) groups is 1. The minimum Gasteiger partial charge on any atom is -0.391 e. The third-order valence-electron chi connectivity index (χ3n) is 12.9. The van der Waals surface area contributed by atoms with Gasteiger partial charge in [0.1, 0.15) is 29.0 Å². The van der Waals surface area contributed by atoms with Crippen molar-refractivity contribution in [2.24, 2.45) is 10.4 Å². The number of halogens is 1. The van der Waals surface area contributed by atoms with Crippen molar-refractivity contribution >= 4 is 63.6 Å². The molecule has 3 aromatic heterocycles. The van der Waals surface area contributed by atoms with E-state index >= 15 is 0 Å². The Morgan fingerprint density at radius 3 is 2.20 bits per heavy atom. The first-order chi connectivity index (χ1) is 33.0. The predicted molar refractivity (Wildman–Crippen MR) is 273 cm³/mol. The topological polar surface area (TPSA) is 180 Å². The SMILES string of the molecule is Cc1ccsc1-c1ccc(ONC(=O)[C@@H]2C[C@@H](O)CN2C(=O)[C@@H](NC(=O)CCCCCCCCCCNC(=O)C[C@@H]2N=C(c3ccc(Cl)cc3)c3c(sc(C)c3C)-n3c(C)nnc32)C(C)(C)C)cc1. The van der Waals surface area contributed by atoms with Gasteiger partial charge in [-0.15, -0.1) is 32.9 Å². The molecular weight excluding hydrogens is 932 g/mol. The van der Waals surface area contributed by atoms with Gasteiger partial charge in [-0.2, -0.15) is 5.48 Å². The molecule has 4 atom stereocenters. The second-order valence-electron chi connectivity index (χ2n) is 19.3. The third kappa shape index (κ3) is 12.7. The minimum absolute atomic E-state index is 0.0198. The molecule has 5 heterocycles. The Bertz CT molecular complexity index is 2630. The highest BCUT2D eigenvalue weighted by Crippen LogP contribution is 2.40. The number of nitrogens with zero attached hydrogens (tertiary/aromatic N) is 5. The molecule has 1 fully saturated rings. The molecule has 1 saturated heterocycles. The standard InChI is InChI=1S/C52H65ClN8O6S2/c1-31-25-27-68-46(31)36-19-23-39(24-20-36)67-59-49(65)41-28-38(62)30-60(41)50(66)47(52(5,6)7)56-42(63)16-14-12-10-8-9-11-13-15-26-54-43(64)29-40-48-58-57-34(4)61(48)51-44(32(2)33(3)69-51)45(55-40)35-17-21-37(53)22-18-35/h17-25,27,38,40-41,47,62H,8-16,26,28-30H2,1-7H3,(H,54,64)(H,56,63)(H,59,65)/t38-,40+,41+,47-/m1/s1. The van der Waals surface area contributed by atoms with E-state index in [0.717, 1.165) is 88.6 Å². The van der Waals surface area contributed by atoms with Crippen LogP contribution in [-0.2, 0) is 19.2 Å². The van der Waals surface area contributed by atoms with E-state index in [1.165, 1.54) is 15.3 Å². The van der Waals surface area contributed by atoms with Crippen LogP contribution in [0.2, 0.25) is 5.02 Å². The minimum atomic E-state index is -0.956. The van der Waals surface area contributed by atoms with Gasteiger partial charge in [0.2, 0.25) is 17.7 Å². The molecule has 7 rings (SSSR count). The normalized spacial score (nSPS) is 17.1. The number of aliphatic hydroxyl groups excluding tert-OH is 1. The summed E-state index contributed by atoms with van der Waals surface area (Å²) in [4.78, 5) is 68.4. The monoisotopic (exact) mass is 996 g/mol. The quantitative estimate of drug-likeness (QED) is 0.0440. The van der Waals surface area contributed by atoms with Gasteiger partial charge in [0.05, 0.1) is 18.2 Å². The van der Waals surface area contributed by atoms with Crippen LogP contribution in [0.3, 0.4) is 0 Å². The summed E-state index contributed by atoms with van der Waals surface area (Å²) in [5.74, 6) is 0.583. The number of carbonyl (C=O) groups excluding carboxylic acids is 4. The number of β-amino-alcohol motifs (C(OH)–C–C–N with tert-alkyl or cyclic N) is 1. The maximum atomic E-state index is 14.0. The number of aromatic nitrogens is 3. The Morgan fingerprint density at radius 1 is 0.870 bits per heavy atom. The van der Waals surface area contributed by atoms with Gasteiger partial charge in [-0.3, -0.25) is 28.7 Å². The van der Waals surface area contributed by atoms with Gasteiger partial charge in [0.25, 0.3) is 5.91 Å². The van der Waals surface area contributed by atoms with E-state index in [1.54, 1.807) is 34.8 Å². The lowest BCUT2D eigenvalue weighted by molar-refractivity contribution is -0.145. The largest absolute Gasteiger partial charge is 0.391 e. The fourth-order valence-corrected chi connectivity index (χ4v) is 11.2. The van der Waals surface area contributed by atoms with Crippen LogP contribution in [0, 0.1) is 33.1 Å². The van der Waals surface area contributed by atoms with Crippen LogP contribution in [0.25, 0.3) is 15.4 Å². The maximum absolute atomic E-state index is 14.0. The molecule has 2 aromatic carbocycles. The van der Waals surface area contributed by atoms with Crippen LogP contribution in [0.5, 0.6) is 5.75 Å². The lowest BCUT2D eigenvalue weighted by Gasteiger charge is -2.35. The summed E-state index contributed by atoms with van der Waals surface area (Å²) in [7, 11) is 0. The Labute approximate surface area is 418 Å². The maximum Gasteiger partial charge on any atom is 0.275 e. The molecule has 0 radical (unpaired) electrons. The second-order valence-corrected chi connectivity index (χ2v) is 21.9. The van der Waals surface area contributed by atoms with Crippen LogP contribution < -0.4 is 21.0 Å². The first-order valence-corrected chi connectivity index (χ1v) is 26.1. The number of aryl methyl sites for hydroxylation is 3. The Morgan fingerprint density at radius 2 is 1.54 bits per heavy atom. The van der Waals surface area contributed by atoms with Crippen molar-refractivity contribution in [2.75, 3.05) is 13.1 Å². The zero-order valence-corrected chi connectivity index (χ0v) is 43.1. The summed E-state index contributed by atoms with van der Waals surface area (Å²) in [5.41, 5.74) is 7.98. The van der Waals surface area contributed by atoms with E-state index in [0.29, 0.717) is 29.6 Å². The van der Waals surface area contributed by atoms with E-state index < -0.39 is 41.5 Å². The molecule has 4 N–H and O–H groups in total. The Balaban J connectivity index is 0.797. The molecule has 0 spiro atoms. The molecule has 14 nitrogen and oxygen atoms in total. The third-order valence-corrected chi connectivity index (χ3v) is 15.4. The predicted octanol–water partition coefficient (Wildman–Crippen LogP) is 9.46. The van der Waals surface area contributed by atoms with Crippen LogP contribution >= 0.6 is 34.3 Å². The summed E-state index contributed by atoms with van der Waals surface area (Å²) < 4.78 is 2.05. The molecule has 4 amide bonds. The van der Waals surface area contributed by atoms with E-state index in [1.807, 2.05) is 69.5 Å². The molecule has 0 unspecified atom stereocenters. The van der Waals surface area contributed by atoms with Crippen molar-refractivity contribution < 1.29 is 29.1 Å². The molecular formula is C52H65ClN8O6S2. The fraction of sp³-hybridized carbons (Fsp3) is 0.481. The summed E-state index contributed by atoms with van der Waals surface area (Å²) in [5, 5.41) is 29.2. The van der Waals surface area contributed by atoms with Crippen LogP contribution in [-0.4, -0.2) is 85.4 Å². The number of hydrogen-bond acceptors (Lipinski definition) is 11. The number of hydroxylamine groups is 1. The smallest absolute Gasteiger partial charge is 0.275 e. The van der Waals surface area contributed by atoms with E-state index in [9.17, 15) is 24.3 Å². The summed E-state index contributed by atoms with van der Waals surface area (Å²) in [6.45, 7) is 14.4. The molecule has 368 valence electrons. The molecule has 0 aliphatic carbocycles. The number of nitrogens with one attached hydrogen (secondary N) is 3. The lowest BCUT2D eigenvalue weighted by Crippen LogP contribution is -2.58. The van der Waals surface area contributed by atoms with Crippen molar-refractivity contribution in [1.82, 2.24) is 35.8 Å². The number of likely N-dealkylation sites (tertiary alicyclic amines) is 1. The first-order valence-electron chi connectivity index (χ1n) is 24.0. The number of unbranched alkanes of at least 4 members (excludes halogenated alkanes) is 7. The highest BCUT2D eigenvalue weighted by atomic mass is 35.5. The van der Waals surface area contributed by atoms with E-state index in [-0.39, 0.29) is 37.6 Å². The van der Waals surface area contributed by atoms with Gasteiger partial charge in [-0.1, -0.05) is 83.0 Å². The Hall–Kier alpha value is -5.42. The van der Waals surface area contributed by atoms with Gasteiger partial charge < -0.3 is 25.5 Å². The van der Waals surface area contributed by atoms with Gasteiger partial charge in [0, 0.05) is 51.8 Å². The summed E-state index contributed by atoms with van der Waals surface area (Å²) in [6.07, 6.45) is 7.19. The van der Waals surface area contributed by atoms with Crippen molar-refractivity contribution in [3.05, 3.63) is 104 Å². The van der Waals surface area contributed by atoms with Crippen LogP contribution in [0.4, 0.5) is 0 Å².